The van der Waals surface area contributed by atoms with E-state index in [0.717, 1.165) is 61.5 Å². The van der Waals surface area contributed by atoms with E-state index in [1.54, 1.807) is 18.3 Å². The van der Waals surface area contributed by atoms with E-state index in [4.69, 9.17) is 27.4 Å². The molecule has 162 valence electrons. The molecule has 2 saturated heterocycles. The van der Waals surface area contributed by atoms with Crippen LogP contribution >= 0.6 is 11.6 Å². The Balaban J connectivity index is 1.48. The Morgan fingerprint density at radius 3 is 2.90 bits per heavy atom. The first-order valence-corrected chi connectivity index (χ1v) is 11.2. The number of carbonyl (C=O) groups excluding carboxylic acids is 1. The van der Waals surface area contributed by atoms with Gasteiger partial charge in [0, 0.05) is 49.7 Å². The van der Waals surface area contributed by atoms with Gasteiger partial charge in [0.2, 0.25) is 0 Å². The Hall–Kier alpha value is -2.71. The number of amides is 1. The Labute approximate surface area is 186 Å². The molecule has 8 nitrogen and oxygen atoms in total. The number of pyridine rings is 1. The smallest absolute Gasteiger partial charge is 0.274 e. The first-order valence-electron chi connectivity index (χ1n) is 10.8. The molecule has 2 aliphatic heterocycles. The summed E-state index contributed by atoms with van der Waals surface area (Å²) in [5.41, 5.74) is 9.08. The predicted octanol–water partition coefficient (Wildman–Crippen LogP) is 2.99. The molecule has 2 N–H and O–H groups in total. The van der Waals surface area contributed by atoms with Gasteiger partial charge in [-0.05, 0) is 44.7 Å². The summed E-state index contributed by atoms with van der Waals surface area (Å²) in [5.74, 6) is 0.812. The van der Waals surface area contributed by atoms with Crippen LogP contribution in [0.4, 0.5) is 5.82 Å². The summed E-state index contributed by atoms with van der Waals surface area (Å²) < 4.78 is 1.81. The molecule has 9 heteroatoms. The van der Waals surface area contributed by atoms with Crippen LogP contribution in [0, 0.1) is 6.92 Å². The van der Waals surface area contributed by atoms with Gasteiger partial charge in [-0.15, -0.1) is 0 Å². The number of aromatic nitrogens is 4. The maximum absolute atomic E-state index is 13.2. The number of rotatable bonds is 3. The third-order valence-electron chi connectivity index (χ3n) is 6.21. The van der Waals surface area contributed by atoms with Crippen molar-refractivity contribution in [2.45, 2.75) is 44.7 Å². The normalized spacial score (nSPS) is 21.8. The molecule has 2 aliphatic rings. The lowest BCUT2D eigenvalue weighted by Gasteiger charge is -2.34. The lowest BCUT2D eigenvalue weighted by molar-refractivity contribution is 0.0600. The minimum atomic E-state index is -0.150. The largest absolute Gasteiger partial charge is 0.355 e. The van der Waals surface area contributed by atoms with E-state index in [1.165, 1.54) is 0 Å². The quantitative estimate of drug-likeness (QED) is 0.674. The Morgan fingerprint density at radius 2 is 2.13 bits per heavy atom. The zero-order valence-electron chi connectivity index (χ0n) is 17.5. The van der Waals surface area contributed by atoms with E-state index >= 15 is 0 Å². The van der Waals surface area contributed by atoms with Crippen LogP contribution < -0.4 is 10.6 Å². The number of fused-ring (bicyclic) bond motifs is 1. The van der Waals surface area contributed by atoms with Gasteiger partial charge in [0.05, 0.1) is 16.8 Å². The van der Waals surface area contributed by atoms with Crippen molar-refractivity contribution in [3.63, 3.8) is 0 Å². The molecule has 0 spiro atoms. The Kier molecular flexibility index (Phi) is 5.27. The summed E-state index contributed by atoms with van der Waals surface area (Å²) in [7, 11) is 0. The lowest BCUT2D eigenvalue weighted by atomic mass is 9.99. The third kappa shape index (κ3) is 3.74. The van der Waals surface area contributed by atoms with Gasteiger partial charge in [-0.3, -0.25) is 4.79 Å². The number of anilines is 1. The standard InChI is InChI=1S/C22H26ClN7O/c1-14-12-30-19(26-21(14)28-10-7-15(24)13-28)11-17(27-30)18-6-2-3-9-29(18)22(31)20-16(23)5-4-8-25-20/h4-5,8,11-12,15,18H,2-3,6-7,9-10,13,24H2,1H3/t15-,18+/m0/s1. The fraction of sp³-hybridized carbons (Fsp3) is 0.455. The minimum Gasteiger partial charge on any atom is -0.355 e. The fourth-order valence-corrected chi connectivity index (χ4v) is 4.85. The topological polar surface area (TPSA) is 92.6 Å². The summed E-state index contributed by atoms with van der Waals surface area (Å²) in [5, 5.41) is 5.17. The molecule has 5 rings (SSSR count). The van der Waals surface area contributed by atoms with E-state index in [1.807, 2.05) is 28.6 Å². The average Bonchev–Trinajstić information content (AvgIpc) is 3.38. The number of halogens is 1. The van der Waals surface area contributed by atoms with Gasteiger partial charge in [0.25, 0.3) is 5.91 Å². The van der Waals surface area contributed by atoms with E-state index < -0.39 is 0 Å². The van der Waals surface area contributed by atoms with Crippen molar-refractivity contribution in [1.82, 2.24) is 24.5 Å². The van der Waals surface area contributed by atoms with Crippen LogP contribution in [0.3, 0.4) is 0 Å². The molecule has 31 heavy (non-hydrogen) atoms. The van der Waals surface area contributed by atoms with E-state index in [-0.39, 0.29) is 18.0 Å². The van der Waals surface area contributed by atoms with E-state index in [2.05, 4.69) is 9.88 Å². The monoisotopic (exact) mass is 439 g/mol. The van der Waals surface area contributed by atoms with Crippen molar-refractivity contribution in [1.29, 1.82) is 0 Å². The lowest BCUT2D eigenvalue weighted by Crippen LogP contribution is -2.39. The highest BCUT2D eigenvalue weighted by molar-refractivity contribution is 6.33. The maximum Gasteiger partial charge on any atom is 0.274 e. The first-order chi connectivity index (χ1) is 15.0. The molecule has 0 radical (unpaired) electrons. The molecule has 2 fully saturated rings. The van der Waals surface area contributed by atoms with Crippen molar-refractivity contribution in [2.24, 2.45) is 5.73 Å². The average molecular weight is 440 g/mol. The second kappa shape index (κ2) is 8.09. The fourth-order valence-electron chi connectivity index (χ4n) is 4.64. The highest BCUT2D eigenvalue weighted by Gasteiger charge is 2.32. The summed E-state index contributed by atoms with van der Waals surface area (Å²) in [4.78, 5) is 26.4. The molecule has 0 saturated carbocycles. The van der Waals surface area contributed by atoms with Crippen LogP contribution in [0.5, 0.6) is 0 Å². The van der Waals surface area contributed by atoms with Crippen LogP contribution in [0.15, 0.2) is 30.6 Å². The van der Waals surface area contributed by atoms with Gasteiger partial charge in [-0.25, -0.2) is 14.5 Å². The molecule has 0 aliphatic carbocycles. The molecule has 3 aromatic rings. The van der Waals surface area contributed by atoms with Crippen molar-refractivity contribution in [2.75, 3.05) is 24.5 Å². The second-order valence-electron chi connectivity index (χ2n) is 8.46. The number of hydrogen-bond donors (Lipinski definition) is 1. The molecular weight excluding hydrogens is 414 g/mol. The van der Waals surface area contributed by atoms with Gasteiger partial charge in [0.15, 0.2) is 5.65 Å². The van der Waals surface area contributed by atoms with Gasteiger partial charge in [-0.1, -0.05) is 11.6 Å². The zero-order valence-corrected chi connectivity index (χ0v) is 18.3. The number of piperidine rings is 1. The van der Waals surface area contributed by atoms with Crippen LogP contribution in [0.2, 0.25) is 5.02 Å². The summed E-state index contributed by atoms with van der Waals surface area (Å²) in [6.07, 6.45) is 7.44. The van der Waals surface area contributed by atoms with Gasteiger partial charge < -0.3 is 15.5 Å². The highest BCUT2D eigenvalue weighted by Crippen LogP contribution is 2.33. The molecule has 0 aromatic carbocycles. The molecule has 3 aromatic heterocycles. The number of nitrogens with zero attached hydrogens (tertiary/aromatic N) is 6. The molecule has 0 unspecified atom stereocenters. The Bertz CT molecular complexity index is 1130. The van der Waals surface area contributed by atoms with E-state index in [0.29, 0.717) is 17.3 Å². The molecular formula is C22H26ClN7O. The summed E-state index contributed by atoms with van der Waals surface area (Å²) in [6, 6.07) is 5.50. The minimum absolute atomic E-state index is 0.120. The van der Waals surface area contributed by atoms with Crippen molar-refractivity contribution in [3.8, 4) is 0 Å². The maximum atomic E-state index is 13.2. The summed E-state index contributed by atoms with van der Waals surface area (Å²) >= 11 is 6.25. The van der Waals surface area contributed by atoms with Gasteiger partial charge in [0.1, 0.15) is 11.5 Å². The molecule has 2 atom stereocenters. The highest BCUT2D eigenvalue weighted by atomic mass is 35.5. The summed E-state index contributed by atoms with van der Waals surface area (Å²) in [6.45, 7) is 4.45. The van der Waals surface area contributed by atoms with Crippen LogP contribution in [0.1, 0.15) is 53.5 Å². The number of hydrogen-bond acceptors (Lipinski definition) is 6. The third-order valence-corrected chi connectivity index (χ3v) is 6.52. The number of carbonyl (C=O) groups is 1. The van der Waals surface area contributed by atoms with E-state index in [9.17, 15) is 4.79 Å². The number of nitrogens with two attached hydrogens (primary N) is 1. The van der Waals surface area contributed by atoms with Crippen LogP contribution in [-0.4, -0.2) is 56.1 Å². The number of likely N-dealkylation sites (tertiary alicyclic amines) is 1. The van der Waals surface area contributed by atoms with Gasteiger partial charge >= 0.3 is 0 Å². The first kappa shape index (κ1) is 20.2. The van der Waals surface area contributed by atoms with Crippen molar-refractivity contribution in [3.05, 3.63) is 52.6 Å². The van der Waals surface area contributed by atoms with Gasteiger partial charge in [-0.2, -0.15) is 5.10 Å². The molecule has 1 amide bonds. The SMILES string of the molecule is Cc1cn2nc([C@H]3CCCCN3C(=O)c3ncccc3Cl)cc2nc1N1CC[C@H](N)C1. The molecule has 0 bridgehead atoms. The van der Waals surface area contributed by atoms with Crippen LogP contribution in [0.25, 0.3) is 5.65 Å². The second-order valence-corrected chi connectivity index (χ2v) is 8.87. The predicted molar refractivity (Wildman–Crippen MR) is 119 cm³/mol. The Morgan fingerprint density at radius 1 is 1.26 bits per heavy atom. The van der Waals surface area contributed by atoms with Crippen molar-refractivity contribution >= 4 is 29.0 Å². The number of aryl methyl sites for hydroxylation is 1. The van der Waals surface area contributed by atoms with Crippen LogP contribution in [-0.2, 0) is 0 Å². The molecule has 5 heterocycles. The zero-order chi connectivity index (χ0) is 21.5. The van der Waals surface area contributed by atoms with Crippen molar-refractivity contribution < 1.29 is 4.79 Å².